The molecule has 0 saturated carbocycles. The number of nitrogens with two attached hydrogens (primary N) is 1. The second-order valence-electron chi connectivity index (χ2n) is 4.49. The van der Waals surface area contributed by atoms with Crippen LogP contribution >= 0.6 is 0 Å². The summed E-state index contributed by atoms with van der Waals surface area (Å²) in [5.41, 5.74) is 7.27. The monoisotopic (exact) mass is 259 g/mol. The van der Waals surface area contributed by atoms with Crippen molar-refractivity contribution in [1.29, 1.82) is 0 Å². The molecule has 6 heteroatoms. The number of carbonyl (C=O) groups is 1. The summed E-state index contributed by atoms with van der Waals surface area (Å²) >= 11 is 0. The lowest BCUT2D eigenvalue weighted by atomic mass is 10.2. The molecule has 0 spiro atoms. The number of amides is 1. The van der Waals surface area contributed by atoms with Crippen molar-refractivity contribution < 1.29 is 4.79 Å². The van der Waals surface area contributed by atoms with Gasteiger partial charge in [0.25, 0.3) is 0 Å². The summed E-state index contributed by atoms with van der Waals surface area (Å²) in [5, 5.41) is 4.33. The predicted octanol–water partition coefficient (Wildman–Crippen LogP) is 1.01. The Morgan fingerprint density at radius 1 is 1.42 bits per heavy atom. The van der Waals surface area contributed by atoms with Gasteiger partial charge >= 0.3 is 0 Å². The van der Waals surface area contributed by atoms with Gasteiger partial charge in [0.15, 0.2) is 5.82 Å². The molecule has 0 unspecified atom stereocenters. The van der Waals surface area contributed by atoms with Crippen LogP contribution in [0.1, 0.15) is 6.42 Å². The minimum Gasteiger partial charge on any atom is -0.399 e. The van der Waals surface area contributed by atoms with Crippen LogP contribution in [0.4, 0.5) is 5.69 Å². The van der Waals surface area contributed by atoms with E-state index in [9.17, 15) is 4.79 Å². The maximum absolute atomic E-state index is 11.5. The topological polar surface area (TPSA) is 77.0 Å². The third-order valence-electron chi connectivity index (χ3n) is 2.73. The van der Waals surface area contributed by atoms with Gasteiger partial charge in [-0.15, -0.1) is 0 Å². The number of aromatic nitrogens is 3. The number of aryl methyl sites for hydroxylation is 1. The molecule has 0 radical (unpaired) electrons. The van der Waals surface area contributed by atoms with Gasteiger partial charge in [-0.3, -0.25) is 9.48 Å². The SMILES string of the molecule is CN(C)C(=O)CCn1cnc(-c2cccc(N)c2)n1. The van der Waals surface area contributed by atoms with E-state index >= 15 is 0 Å². The predicted molar refractivity (Wildman–Crippen MR) is 73.2 cm³/mol. The van der Waals surface area contributed by atoms with Crippen LogP contribution in [0.15, 0.2) is 30.6 Å². The summed E-state index contributed by atoms with van der Waals surface area (Å²) in [6.07, 6.45) is 2.04. The number of rotatable bonds is 4. The summed E-state index contributed by atoms with van der Waals surface area (Å²) in [6, 6.07) is 7.41. The van der Waals surface area contributed by atoms with Crippen molar-refractivity contribution in [2.45, 2.75) is 13.0 Å². The summed E-state index contributed by atoms with van der Waals surface area (Å²) in [7, 11) is 3.48. The molecule has 1 amide bonds. The standard InChI is InChI=1S/C13H17N5O/c1-17(2)12(19)6-7-18-9-15-13(16-18)10-4-3-5-11(14)8-10/h3-5,8-9H,6-7,14H2,1-2H3. The van der Waals surface area contributed by atoms with Crippen molar-refractivity contribution in [3.63, 3.8) is 0 Å². The summed E-state index contributed by atoms with van der Waals surface area (Å²) in [6.45, 7) is 0.520. The molecule has 0 saturated heterocycles. The number of carbonyl (C=O) groups excluding carboxylic acids is 1. The van der Waals surface area contributed by atoms with Crippen LogP contribution in [0.3, 0.4) is 0 Å². The van der Waals surface area contributed by atoms with Crippen LogP contribution in [0.25, 0.3) is 11.4 Å². The smallest absolute Gasteiger partial charge is 0.223 e. The molecule has 1 heterocycles. The Labute approximate surface area is 111 Å². The Kier molecular flexibility index (Phi) is 3.79. The Morgan fingerprint density at radius 3 is 2.89 bits per heavy atom. The number of nitrogen functional groups attached to an aromatic ring is 1. The van der Waals surface area contributed by atoms with E-state index in [0.29, 0.717) is 24.5 Å². The zero-order valence-corrected chi connectivity index (χ0v) is 11.1. The fourth-order valence-electron chi connectivity index (χ4n) is 1.65. The highest BCUT2D eigenvalue weighted by Crippen LogP contribution is 2.16. The van der Waals surface area contributed by atoms with Crippen molar-refractivity contribution in [2.24, 2.45) is 0 Å². The summed E-state index contributed by atoms with van der Waals surface area (Å²) in [4.78, 5) is 17.3. The molecule has 1 aromatic heterocycles. The Hall–Kier alpha value is -2.37. The van der Waals surface area contributed by atoms with Gasteiger partial charge in [-0.1, -0.05) is 12.1 Å². The molecule has 6 nitrogen and oxygen atoms in total. The maximum Gasteiger partial charge on any atom is 0.223 e. The van der Waals surface area contributed by atoms with E-state index < -0.39 is 0 Å². The van der Waals surface area contributed by atoms with E-state index in [0.717, 1.165) is 5.56 Å². The Bertz CT molecular complexity index is 576. The molecule has 0 aliphatic heterocycles. The molecule has 0 aliphatic carbocycles. The first-order valence-corrected chi connectivity index (χ1v) is 6.02. The van der Waals surface area contributed by atoms with Crippen molar-refractivity contribution in [1.82, 2.24) is 19.7 Å². The van der Waals surface area contributed by atoms with Crippen molar-refractivity contribution >= 4 is 11.6 Å². The number of hydrogen-bond acceptors (Lipinski definition) is 4. The third kappa shape index (κ3) is 3.31. The van der Waals surface area contributed by atoms with E-state index in [4.69, 9.17) is 5.73 Å². The normalized spacial score (nSPS) is 10.4. The van der Waals surface area contributed by atoms with Crippen molar-refractivity contribution in [3.05, 3.63) is 30.6 Å². The third-order valence-corrected chi connectivity index (χ3v) is 2.73. The van der Waals surface area contributed by atoms with Crippen LogP contribution in [0.2, 0.25) is 0 Å². The molecule has 2 N–H and O–H groups in total. The minimum atomic E-state index is 0.0704. The number of hydrogen-bond donors (Lipinski definition) is 1. The highest BCUT2D eigenvalue weighted by Gasteiger charge is 2.07. The first kappa shape index (κ1) is 13.1. The lowest BCUT2D eigenvalue weighted by molar-refractivity contribution is -0.128. The zero-order valence-electron chi connectivity index (χ0n) is 11.1. The highest BCUT2D eigenvalue weighted by molar-refractivity contribution is 5.75. The summed E-state index contributed by atoms with van der Waals surface area (Å²) < 4.78 is 1.67. The first-order valence-electron chi connectivity index (χ1n) is 6.02. The van der Waals surface area contributed by atoms with Crippen LogP contribution in [0, 0.1) is 0 Å². The van der Waals surface area contributed by atoms with Crippen LogP contribution < -0.4 is 5.73 Å². The van der Waals surface area contributed by atoms with Gasteiger partial charge in [0.2, 0.25) is 5.91 Å². The lowest BCUT2D eigenvalue weighted by Crippen LogP contribution is -2.22. The number of benzene rings is 1. The van der Waals surface area contributed by atoms with Gasteiger partial charge in [0.05, 0.1) is 6.54 Å². The van der Waals surface area contributed by atoms with Gasteiger partial charge in [0.1, 0.15) is 6.33 Å². The second kappa shape index (κ2) is 5.51. The fourth-order valence-corrected chi connectivity index (χ4v) is 1.65. The van der Waals surface area contributed by atoms with Gasteiger partial charge in [-0.05, 0) is 12.1 Å². The Balaban J connectivity index is 2.05. The van der Waals surface area contributed by atoms with Gasteiger partial charge < -0.3 is 10.6 Å². The fraction of sp³-hybridized carbons (Fsp3) is 0.308. The van der Waals surface area contributed by atoms with Gasteiger partial charge in [0, 0.05) is 31.8 Å². The molecule has 0 aliphatic rings. The molecule has 0 bridgehead atoms. The van der Waals surface area contributed by atoms with Crippen LogP contribution in [0.5, 0.6) is 0 Å². The molecule has 0 fully saturated rings. The first-order chi connectivity index (χ1) is 9.06. The molecule has 0 atom stereocenters. The molecular weight excluding hydrogens is 242 g/mol. The summed E-state index contributed by atoms with van der Waals surface area (Å²) in [5.74, 6) is 0.686. The van der Waals surface area contributed by atoms with E-state index in [1.807, 2.05) is 24.3 Å². The Morgan fingerprint density at radius 2 is 2.21 bits per heavy atom. The highest BCUT2D eigenvalue weighted by atomic mass is 16.2. The molecule has 2 aromatic rings. The van der Waals surface area contributed by atoms with Crippen molar-refractivity contribution in [3.8, 4) is 11.4 Å². The lowest BCUT2D eigenvalue weighted by Gasteiger charge is -2.09. The van der Waals surface area contributed by atoms with Crippen molar-refractivity contribution in [2.75, 3.05) is 19.8 Å². The van der Waals surface area contributed by atoms with E-state index in [2.05, 4.69) is 10.1 Å². The van der Waals surface area contributed by atoms with Gasteiger partial charge in [-0.25, -0.2) is 4.98 Å². The maximum atomic E-state index is 11.5. The van der Waals surface area contributed by atoms with E-state index in [-0.39, 0.29) is 5.91 Å². The van der Waals surface area contributed by atoms with E-state index in [1.165, 1.54) is 0 Å². The number of nitrogens with zero attached hydrogens (tertiary/aromatic N) is 4. The van der Waals surface area contributed by atoms with Gasteiger partial charge in [-0.2, -0.15) is 5.10 Å². The molecule has 1 aromatic carbocycles. The molecule has 19 heavy (non-hydrogen) atoms. The molecule has 2 rings (SSSR count). The van der Waals surface area contributed by atoms with Crippen LogP contribution in [-0.4, -0.2) is 39.7 Å². The zero-order chi connectivity index (χ0) is 13.8. The largest absolute Gasteiger partial charge is 0.399 e. The quantitative estimate of drug-likeness (QED) is 0.831. The second-order valence-corrected chi connectivity index (χ2v) is 4.49. The molecule has 100 valence electrons. The molecular formula is C13H17N5O. The minimum absolute atomic E-state index is 0.0704. The average molecular weight is 259 g/mol. The number of anilines is 1. The van der Waals surface area contributed by atoms with Crippen LogP contribution in [-0.2, 0) is 11.3 Å². The van der Waals surface area contributed by atoms with E-state index in [1.54, 1.807) is 30.0 Å². The average Bonchev–Trinajstić information content (AvgIpc) is 2.84.